The molecular formula is C30H42N2O. The average molecular weight is 447 g/mol. The molecule has 1 aromatic carbocycles. The van der Waals surface area contributed by atoms with Gasteiger partial charge in [-0.25, -0.2) is 0 Å². The Labute approximate surface area is 199 Å². The molecule has 0 spiro atoms. The summed E-state index contributed by atoms with van der Waals surface area (Å²) in [6, 6.07) is 7.04. The second-order valence-corrected chi connectivity index (χ2v) is 13.2. The maximum absolute atomic E-state index is 6.43. The normalized spacial score (nSPS) is 40.8. The quantitative estimate of drug-likeness (QED) is 0.478. The van der Waals surface area contributed by atoms with Gasteiger partial charge in [0.2, 0.25) is 0 Å². The third kappa shape index (κ3) is 3.44. The zero-order valence-corrected chi connectivity index (χ0v) is 21.3. The number of nitrogens with one attached hydrogen (secondary N) is 1. The molecule has 3 fully saturated rings. The molecule has 3 saturated carbocycles. The maximum Gasteiger partial charge on any atom is 0.0650 e. The smallest absolute Gasteiger partial charge is 0.0650 e. The minimum atomic E-state index is -0.0405. The molecule has 178 valence electrons. The first-order valence-corrected chi connectivity index (χ1v) is 13.5. The second kappa shape index (κ2) is 7.44. The number of fused-ring (bicyclic) bond motifs is 6. The largest absolute Gasteiger partial charge is 0.372 e. The number of rotatable bonds is 2. The van der Waals surface area contributed by atoms with E-state index < -0.39 is 0 Å². The van der Waals surface area contributed by atoms with Crippen LogP contribution in [-0.4, -0.2) is 21.9 Å². The first-order valence-electron chi connectivity index (χ1n) is 13.5. The molecule has 0 unspecified atom stereocenters. The SMILES string of the molecule is CC(C)(C)O[C@H]1CC[C@@]2(C)C(=CC[C@H]3[C@@H]4CC[C@H](c5ccc6[nH]ncc6c5)[C@@]4(C)CC[C@@H]32)C1. The van der Waals surface area contributed by atoms with Gasteiger partial charge in [0.25, 0.3) is 0 Å². The van der Waals surface area contributed by atoms with Crippen LogP contribution in [0.15, 0.2) is 36.0 Å². The number of hydrogen-bond donors (Lipinski definition) is 1. The molecule has 0 amide bonds. The van der Waals surface area contributed by atoms with Crippen molar-refractivity contribution in [3.8, 4) is 0 Å². The summed E-state index contributed by atoms with van der Waals surface area (Å²) in [6.07, 6.45) is 15.6. The van der Waals surface area contributed by atoms with E-state index in [1.54, 1.807) is 11.1 Å². The number of aromatic nitrogens is 2. The zero-order valence-electron chi connectivity index (χ0n) is 21.3. The summed E-state index contributed by atoms with van der Waals surface area (Å²) in [5.41, 5.74) is 5.23. The molecule has 1 N–H and O–H groups in total. The summed E-state index contributed by atoms with van der Waals surface area (Å²) < 4.78 is 6.43. The number of aromatic amines is 1. The molecule has 1 aromatic heterocycles. The monoisotopic (exact) mass is 446 g/mol. The number of H-pyrrole nitrogens is 1. The Bertz CT molecular complexity index is 1080. The van der Waals surface area contributed by atoms with Crippen molar-refractivity contribution in [2.45, 2.75) is 104 Å². The van der Waals surface area contributed by atoms with Crippen molar-refractivity contribution in [3.63, 3.8) is 0 Å². The van der Waals surface area contributed by atoms with Gasteiger partial charge in [0.15, 0.2) is 0 Å². The van der Waals surface area contributed by atoms with Crippen molar-refractivity contribution in [1.82, 2.24) is 10.2 Å². The first-order chi connectivity index (χ1) is 15.7. The predicted molar refractivity (Wildman–Crippen MR) is 135 cm³/mol. The van der Waals surface area contributed by atoms with E-state index in [-0.39, 0.29) is 5.60 Å². The molecule has 7 atom stereocenters. The van der Waals surface area contributed by atoms with Gasteiger partial charge in [0, 0.05) is 5.39 Å². The van der Waals surface area contributed by atoms with Crippen LogP contribution in [0.2, 0.25) is 0 Å². The number of nitrogens with zero attached hydrogens (tertiary/aromatic N) is 1. The highest BCUT2D eigenvalue weighted by Crippen LogP contribution is 2.68. The van der Waals surface area contributed by atoms with Gasteiger partial charge in [-0.2, -0.15) is 5.10 Å². The summed E-state index contributed by atoms with van der Waals surface area (Å²) in [5, 5.41) is 8.64. The summed E-state index contributed by atoms with van der Waals surface area (Å²) in [5.74, 6) is 3.28. The lowest BCUT2D eigenvalue weighted by atomic mass is 9.47. The summed E-state index contributed by atoms with van der Waals surface area (Å²) in [6.45, 7) is 11.9. The maximum atomic E-state index is 6.43. The van der Waals surface area contributed by atoms with E-state index in [2.05, 4.69) is 69.1 Å². The van der Waals surface area contributed by atoms with Crippen LogP contribution in [0.25, 0.3) is 10.9 Å². The van der Waals surface area contributed by atoms with E-state index in [0.29, 0.717) is 22.9 Å². The fraction of sp³-hybridized carbons (Fsp3) is 0.700. The van der Waals surface area contributed by atoms with Crippen molar-refractivity contribution in [2.75, 3.05) is 0 Å². The molecular weight excluding hydrogens is 404 g/mol. The summed E-state index contributed by atoms with van der Waals surface area (Å²) in [4.78, 5) is 0. The standard InChI is InChI=1S/C30H42N2O/c1-28(2,3)33-22-12-14-29(4)21(17-22)7-8-23-25-10-9-24(30(25,5)15-13-26(23)29)19-6-11-27-20(16-19)18-31-32-27/h6-7,11,16,18,22-26H,8-10,12-15,17H2,1-5H3,(H,31,32)/t22-,23-,24+,25-,26-,29-,30+/m0/s1. The zero-order chi connectivity index (χ0) is 23.0. The lowest BCUT2D eigenvalue weighted by Gasteiger charge is -2.58. The number of allylic oxidation sites excluding steroid dienone is 1. The Hall–Kier alpha value is -1.61. The van der Waals surface area contributed by atoms with Crippen LogP contribution in [0.3, 0.4) is 0 Å². The Morgan fingerprint density at radius 2 is 1.88 bits per heavy atom. The van der Waals surface area contributed by atoms with E-state index >= 15 is 0 Å². The van der Waals surface area contributed by atoms with E-state index in [1.165, 1.54) is 50.3 Å². The van der Waals surface area contributed by atoms with Crippen molar-refractivity contribution >= 4 is 10.9 Å². The van der Waals surface area contributed by atoms with Crippen molar-refractivity contribution < 1.29 is 4.74 Å². The molecule has 3 nitrogen and oxygen atoms in total. The van der Waals surface area contributed by atoms with Gasteiger partial charge < -0.3 is 4.74 Å². The molecule has 33 heavy (non-hydrogen) atoms. The molecule has 1 heterocycles. The van der Waals surface area contributed by atoms with Gasteiger partial charge in [-0.15, -0.1) is 0 Å². The molecule has 0 radical (unpaired) electrons. The van der Waals surface area contributed by atoms with Crippen molar-refractivity contribution in [3.05, 3.63) is 41.6 Å². The minimum absolute atomic E-state index is 0.0405. The Kier molecular flexibility index (Phi) is 4.94. The van der Waals surface area contributed by atoms with Crippen molar-refractivity contribution in [1.29, 1.82) is 0 Å². The van der Waals surface area contributed by atoms with Gasteiger partial charge in [-0.3, -0.25) is 5.10 Å². The molecule has 0 aliphatic heterocycles. The van der Waals surface area contributed by atoms with Crippen LogP contribution in [0.4, 0.5) is 0 Å². The van der Waals surface area contributed by atoms with Gasteiger partial charge in [-0.05, 0) is 124 Å². The van der Waals surface area contributed by atoms with Crippen LogP contribution in [-0.2, 0) is 4.74 Å². The summed E-state index contributed by atoms with van der Waals surface area (Å²) >= 11 is 0. The molecule has 2 aromatic rings. The van der Waals surface area contributed by atoms with E-state index in [1.807, 2.05) is 6.20 Å². The molecule has 0 saturated heterocycles. The van der Waals surface area contributed by atoms with E-state index in [9.17, 15) is 0 Å². The number of ether oxygens (including phenoxy) is 1. The highest BCUT2D eigenvalue weighted by atomic mass is 16.5. The fourth-order valence-corrected chi connectivity index (χ4v) is 8.95. The van der Waals surface area contributed by atoms with Crippen LogP contribution in [0, 0.1) is 28.6 Å². The molecule has 3 heteroatoms. The molecule has 4 aliphatic rings. The minimum Gasteiger partial charge on any atom is -0.372 e. The van der Waals surface area contributed by atoms with Gasteiger partial charge in [-0.1, -0.05) is 31.6 Å². The van der Waals surface area contributed by atoms with Crippen LogP contribution >= 0.6 is 0 Å². The van der Waals surface area contributed by atoms with Gasteiger partial charge >= 0.3 is 0 Å². The Balaban J connectivity index is 1.26. The lowest BCUT2D eigenvalue weighted by Crippen LogP contribution is -2.50. The summed E-state index contributed by atoms with van der Waals surface area (Å²) in [7, 11) is 0. The van der Waals surface area contributed by atoms with Crippen LogP contribution in [0.5, 0.6) is 0 Å². The number of benzene rings is 1. The second-order valence-electron chi connectivity index (χ2n) is 13.2. The molecule has 0 bridgehead atoms. The lowest BCUT2D eigenvalue weighted by molar-refractivity contribution is -0.0922. The third-order valence-electron chi connectivity index (χ3n) is 10.4. The fourth-order valence-electron chi connectivity index (χ4n) is 8.95. The van der Waals surface area contributed by atoms with Gasteiger partial charge in [0.1, 0.15) is 0 Å². The highest BCUT2D eigenvalue weighted by molar-refractivity contribution is 5.78. The van der Waals surface area contributed by atoms with Crippen LogP contribution in [0.1, 0.15) is 97.5 Å². The molecule has 4 aliphatic carbocycles. The predicted octanol–water partition coefficient (Wildman–Crippen LogP) is 7.79. The Morgan fingerprint density at radius 3 is 2.70 bits per heavy atom. The third-order valence-corrected chi connectivity index (χ3v) is 10.4. The van der Waals surface area contributed by atoms with Crippen molar-refractivity contribution in [2.24, 2.45) is 28.6 Å². The molecule has 6 rings (SSSR count). The number of hydrogen-bond acceptors (Lipinski definition) is 2. The average Bonchev–Trinajstić information content (AvgIpc) is 3.36. The Morgan fingerprint density at radius 1 is 1.03 bits per heavy atom. The first kappa shape index (κ1) is 21.9. The van der Waals surface area contributed by atoms with E-state index in [0.717, 1.165) is 29.7 Å². The van der Waals surface area contributed by atoms with Gasteiger partial charge in [0.05, 0.1) is 23.4 Å². The van der Waals surface area contributed by atoms with E-state index in [4.69, 9.17) is 4.74 Å². The topological polar surface area (TPSA) is 37.9 Å². The van der Waals surface area contributed by atoms with Crippen LogP contribution < -0.4 is 0 Å². The highest BCUT2D eigenvalue weighted by Gasteiger charge is 2.58.